The van der Waals surface area contributed by atoms with E-state index in [1.807, 2.05) is 0 Å². The Balaban J connectivity index is 3.76. The molecule has 2 amide bonds. The lowest BCUT2D eigenvalue weighted by molar-refractivity contribution is -0.119. The van der Waals surface area contributed by atoms with Gasteiger partial charge >= 0.3 is 6.09 Å². The maximum Gasteiger partial charge on any atom is 0.407 e. The van der Waals surface area contributed by atoms with Crippen molar-refractivity contribution in [3.63, 3.8) is 0 Å². The molecule has 88 valence electrons. The van der Waals surface area contributed by atoms with Crippen LogP contribution in [0.3, 0.4) is 0 Å². The first-order valence-corrected chi connectivity index (χ1v) is 4.64. The number of hydrogen-bond acceptors (Lipinski definition) is 4. The lowest BCUT2D eigenvalue weighted by Gasteiger charge is -2.20. The van der Waals surface area contributed by atoms with Crippen molar-refractivity contribution in [1.29, 1.82) is 0 Å². The number of carbonyl (C=O) groups excluding carboxylic acids is 2. The lowest BCUT2D eigenvalue weighted by atomic mass is 10.2. The summed E-state index contributed by atoms with van der Waals surface area (Å²) in [6.45, 7) is 5.13. The van der Waals surface area contributed by atoms with E-state index in [1.165, 1.54) is 0 Å². The number of nitrogens with two attached hydrogens (primary N) is 1. The van der Waals surface area contributed by atoms with Gasteiger partial charge in [-0.15, -0.1) is 0 Å². The number of aliphatic hydroxyl groups is 1. The number of amides is 2. The normalized spacial score (nSPS) is 13.1. The predicted octanol–water partition coefficient (Wildman–Crippen LogP) is -0.253. The number of hydrogen-bond donors (Lipinski definition) is 3. The molecule has 0 saturated carbocycles. The van der Waals surface area contributed by atoms with Crippen LogP contribution in [-0.2, 0) is 9.53 Å². The molecule has 1 unspecified atom stereocenters. The molecule has 0 aromatic carbocycles. The van der Waals surface area contributed by atoms with Crippen LogP contribution in [0.2, 0.25) is 0 Å². The van der Waals surface area contributed by atoms with E-state index in [1.54, 1.807) is 20.8 Å². The van der Waals surface area contributed by atoms with Crippen molar-refractivity contribution < 1.29 is 19.4 Å². The average Bonchev–Trinajstić information content (AvgIpc) is 1.96. The van der Waals surface area contributed by atoms with E-state index in [0.29, 0.717) is 0 Å². The van der Waals surface area contributed by atoms with Gasteiger partial charge in [-0.25, -0.2) is 4.79 Å². The van der Waals surface area contributed by atoms with Crippen LogP contribution in [0.25, 0.3) is 0 Å². The van der Waals surface area contributed by atoms with E-state index in [2.05, 4.69) is 5.32 Å². The maximum atomic E-state index is 11.1. The summed E-state index contributed by atoms with van der Waals surface area (Å²) in [5, 5.41) is 11.5. The summed E-state index contributed by atoms with van der Waals surface area (Å²) in [6.07, 6.45) is -1.79. The second kappa shape index (κ2) is 5.55. The van der Waals surface area contributed by atoms with Crippen molar-refractivity contribution in [3.05, 3.63) is 0 Å². The Morgan fingerprint density at radius 3 is 2.40 bits per heavy atom. The van der Waals surface area contributed by atoms with E-state index in [9.17, 15) is 14.7 Å². The third-order valence-electron chi connectivity index (χ3n) is 1.32. The number of aliphatic hydroxyl groups excluding tert-OH is 1. The van der Waals surface area contributed by atoms with Crippen molar-refractivity contribution in [3.8, 4) is 0 Å². The van der Waals surface area contributed by atoms with Crippen LogP contribution in [0.1, 0.15) is 27.2 Å². The highest BCUT2D eigenvalue weighted by molar-refractivity contribution is 5.74. The predicted molar refractivity (Wildman–Crippen MR) is 54.1 cm³/mol. The van der Waals surface area contributed by atoms with Crippen LogP contribution in [0.5, 0.6) is 0 Å². The number of ether oxygens (including phenoxy) is 1. The van der Waals surface area contributed by atoms with Crippen molar-refractivity contribution >= 4 is 12.0 Å². The average molecular weight is 218 g/mol. The zero-order valence-corrected chi connectivity index (χ0v) is 9.24. The molecular formula is C9H18N2O4. The van der Waals surface area contributed by atoms with Crippen LogP contribution in [0.15, 0.2) is 0 Å². The van der Waals surface area contributed by atoms with E-state index < -0.39 is 23.7 Å². The van der Waals surface area contributed by atoms with E-state index >= 15 is 0 Å². The molecule has 1 atom stereocenters. The molecule has 0 aliphatic heterocycles. The van der Waals surface area contributed by atoms with Gasteiger partial charge in [-0.1, -0.05) is 0 Å². The molecule has 0 aliphatic rings. The van der Waals surface area contributed by atoms with Gasteiger partial charge in [0.05, 0.1) is 12.5 Å². The topological polar surface area (TPSA) is 102 Å². The molecule has 6 nitrogen and oxygen atoms in total. The van der Waals surface area contributed by atoms with E-state index in [-0.39, 0.29) is 13.0 Å². The van der Waals surface area contributed by atoms with Crippen LogP contribution in [0.4, 0.5) is 4.79 Å². The largest absolute Gasteiger partial charge is 0.444 e. The van der Waals surface area contributed by atoms with E-state index in [0.717, 1.165) is 0 Å². The molecule has 0 aromatic rings. The number of alkyl carbamates (subject to hydrolysis) is 1. The van der Waals surface area contributed by atoms with Gasteiger partial charge in [0.25, 0.3) is 0 Å². The fourth-order valence-corrected chi connectivity index (χ4v) is 0.820. The molecule has 0 saturated heterocycles. The van der Waals surface area contributed by atoms with Crippen molar-refractivity contribution in [2.75, 3.05) is 6.54 Å². The molecule has 0 aromatic heterocycles. The fourth-order valence-electron chi connectivity index (χ4n) is 0.820. The molecule has 0 bridgehead atoms. The highest BCUT2D eigenvalue weighted by Crippen LogP contribution is 2.06. The number of rotatable bonds is 4. The maximum absolute atomic E-state index is 11.1. The van der Waals surface area contributed by atoms with Crippen LogP contribution in [0, 0.1) is 0 Å². The summed E-state index contributed by atoms with van der Waals surface area (Å²) >= 11 is 0. The Hall–Kier alpha value is -1.30. The molecule has 0 fully saturated rings. The van der Waals surface area contributed by atoms with Gasteiger partial charge in [0.15, 0.2) is 0 Å². The summed E-state index contributed by atoms with van der Waals surface area (Å²) in [6, 6.07) is 0. The third-order valence-corrected chi connectivity index (χ3v) is 1.32. The first-order valence-electron chi connectivity index (χ1n) is 4.64. The summed E-state index contributed by atoms with van der Waals surface area (Å²) < 4.78 is 4.92. The minimum Gasteiger partial charge on any atom is -0.444 e. The molecule has 15 heavy (non-hydrogen) atoms. The Morgan fingerprint density at radius 1 is 1.47 bits per heavy atom. The van der Waals surface area contributed by atoms with Crippen molar-refractivity contribution in [2.45, 2.75) is 38.9 Å². The van der Waals surface area contributed by atoms with Crippen molar-refractivity contribution in [1.82, 2.24) is 5.32 Å². The smallest absolute Gasteiger partial charge is 0.407 e. The Morgan fingerprint density at radius 2 is 2.00 bits per heavy atom. The summed E-state index contributed by atoms with van der Waals surface area (Å²) in [5.74, 6) is -0.617. The van der Waals surface area contributed by atoms with Crippen LogP contribution in [-0.4, -0.2) is 35.4 Å². The highest BCUT2D eigenvalue weighted by Gasteiger charge is 2.17. The zero-order valence-electron chi connectivity index (χ0n) is 9.24. The van der Waals surface area contributed by atoms with Gasteiger partial charge in [0.2, 0.25) is 5.91 Å². The summed E-state index contributed by atoms with van der Waals surface area (Å²) in [7, 11) is 0. The minimum absolute atomic E-state index is 0.0577. The van der Waals surface area contributed by atoms with Crippen LogP contribution >= 0.6 is 0 Å². The minimum atomic E-state index is -0.977. The molecule has 6 heteroatoms. The summed E-state index contributed by atoms with van der Waals surface area (Å²) in [4.78, 5) is 21.5. The van der Waals surface area contributed by atoms with Gasteiger partial charge in [-0.3, -0.25) is 4.79 Å². The quantitative estimate of drug-likeness (QED) is 0.605. The van der Waals surface area contributed by atoms with Gasteiger partial charge in [-0.05, 0) is 20.8 Å². The molecule has 0 rings (SSSR count). The molecule has 0 aliphatic carbocycles. The van der Waals surface area contributed by atoms with Gasteiger partial charge in [0.1, 0.15) is 5.60 Å². The van der Waals surface area contributed by atoms with Gasteiger partial charge < -0.3 is 20.9 Å². The zero-order chi connectivity index (χ0) is 12.1. The SMILES string of the molecule is CC(C)(C)OC(=O)NCC(O)CC(N)=O. The first kappa shape index (κ1) is 13.7. The monoisotopic (exact) mass is 218 g/mol. The van der Waals surface area contributed by atoms with Crippen molar-refractivity contribution in [2.24, 2.45) is 5.73 Å². The number of carbonyl (C=O) groups is 2. The van der Waals surface area contributed by atoms with Crippen LogP contribution < -0.4 is 11.1 Å². The Kier molecular flexibility index (Phi) is 5.07. The second-order valence-corrected chi connectivity index (χ2v) is 4.21. The Labute approximate surface area is 88.8 Å². The molecule has 0 radical (unpaired) electrons. The fraction of sp³-hybridized carbons (Fsp3) is 0.778. The second-order valence-electron chi connectivity index (χ2n) is 4.21. The molecule has 0 spiro atoms. The Bertz CT molecular complexity index is 235. The van der Waals surface area contributed by atoms with Gasteiger partial charge in [-0.2, -0.15) is 0 Å². The molecule has 0 heterocycles. The van der Waals surface area contributed by atoms with E-state index in [4.69, 9.17) is 10.5 Å². The highest BCUT2D eigenvalue weighted by atomic mass is 16.6. The summed E-state index contributed by atoms with van der Waals surface area (Å²) in [5.41, 5.74) is 4.27. The molecular weight excluding hydrogens is 200 g/mol. The third kappa shape index (κ3) is 9.01. The molecule has 4 N–H and O–H groups in total. The first-order chi connectivity index (χ1) is 6.70. The standard InChI is InChI=1S/C9H18N2O4/c1-9(2,3)15-8(14)11-5-6(12)4-7(10)13/h6,12H,4-5H2,1-3H3,(H2,10,13)(H,11,14). The lowest BCUT2D eigenvalue weighted by Crippen LogP contribution is -2.38. The van der Waals surface area contributed by atoms with Gasteiger partial charge in [0, 0.05) is 6.54 Å². The number of primary amides is 1. The number of nitrogens with one attached hydrogen (secondary N) is 1.